The van der Waals surface area contributed by atoms with E-state index in [1.807, 2.05) is 13.8 Å². The maximum absolute atomic E-state index is 12.0. The lowest BCUT2D eigenvalue weighted by molar-refractivity contribution is 0.0849. The van der Waals surface area contributed by atoms with Crippen LogP contribution < -0.4 is 5.73 Å². The number of rotatable bonds is 6. The lowest BCUT2D eigenvalue weighted by Crippen LogP contribution is -2.34. The minimum Gasteiger partial charge on any atom is -0.377 e. The van der Waals surface area contributed by atoms with E-state index in [9.17, 15) is 4.21 Å². The van der Waals surface area contributed by atoms with E-state index in [-0.39, 0.29) is 17.5 Å². The third-order valence-corrected chi connectivity index (χ3v) is 4.65. The Morgan fingerprint density at radius 2 is 2.40 bits per heavy atom. The zero-order chi connectivity index (χ0) is 11.3. The fourth-order valence-corrected chi connectivity index (χ4v) is 3.50. The molecule has 1 fully saturated rings. The molecule has 0 amide bonds. The van der Waals surface area contributed by atoms with Gasteiger partial charge >= 0.3 is 0 Å². The average Bonchev–Trinajstić information content (AvgIpc) is 2.63. The van der Waals surface area contributed by atoms with Gasteiger partial charge in [-0.05, 0) is 20.3 Å². The second-order valence-corrected chi connectivity index (χ2v) is 5.46. The van der Waals surface area contributed by atoms with Crippen LogP contribution in [-0.4, -0.2) is 47.2 Å². The molecule has 0 aromatic heterocycles. The molecule has 4 atom stereocenters. The molecule has 1 aliphatic heterocycles. The zero-order valence-electron chi connectivity index (χ0n) is 9.48. The van der Waals surface area contributed by atoms with Crippen LogP contribution in [0.5, 0.6) is 0 Å². The first-order chi connectivity index (χ1) is 7.19. The van der Waals surface area contributed by atoms with Gasteiger partial charge in [0.2, 0.25) is 0 Å². The van der Waals surface area contributed by atoms with E-state index in [0.29, 0.717) is 18.9 Å². The van der Waals surface area contributed by atoms with Gasteiger partial charge < -0.3 is 15.2 Å². The predicted molar refractivity (Wildman–Crippen MR) is 61.3 cm³/mol. The maximum atomic E-state index is 12.0. The first-order valence-corrected chi connectivity index (χ1v) is 6.87. The van der Waals surface area contributed by atoms with Crippen LogP contribution in [0.2, 0.25) is 0 Å². The van der Waals surface area contributed by atoms with Crippen LogP contribution >= 0.6 is 0 Å². The van der Waals surface area contributed by atoms with Crippen molar-refractivity contribution in [1.82, 2.24) is 0 Å². The monoisotopic (exact) mass is 235 g/mol. The molecular formula is C10H21NO3S. The summed E-state index contributed by atoms with van der Waals surface area (Å²) < 4.78 is 22.8. The predicted octanol–water partition coefficient (Wildman–Crippen LogP) is 0.276. The molecule has 2 N–H and O–H groups in total. The van der Waals surface area contributed by atoms with Gasteiger partial charge in [-0.2, -0.15) is 0 Å². The second kappa shape index (κ2) is 6.58. The molecule has 0 aromatic rings. The molecule has 1 aliphatic rings. The topological polar surface area (TPSA) is 61.5 Å². The van der Waals surface area contributed by atoms with Crippen LogP contribution in [0.25, 0.3) is 0 Å². The molecule has 1 rings (SSSR count). The summed E-state index contributed by atoms with van der Waals surface area (Å²) >= 11 is 0. The first-order valence-electron chi connectivity index (χ1n) is 5.49. The normalized spacial score (nSPS) is 30.3. The summed E-state index contributed by atoms with van der Waals surface area (Å²) in [6, 6.07) is 0. The summed E-state index contributed by atoms with van der Waals surface area (Å²) in [7, 11) is -0.887. The van der Waals surface area contributed by atoms with Gasteiger partial charge in [0.15, 0.2) is 0 Å². The Kier molecular flexibility index (Phi) is 5.74. The molecule has 0 spiro atoms. The van der Waals surface area contributed by atoms with E-state index in [2.05, 4.69) is 0 Å². The zero-order valence-corrected chi connectivity index (χ0v) is 10.3. The van der Waals surface area contributed by atoms with E-state index in [1.54, 1.807) is 0 Å². The van der Waals surface area contributed by atoms with Gasteiger partial charge in [0, 0.05) is 30.6 Å². The molecule has 0 aromatic carbocycles. The number of hydrogen-bond acceptors (Lipinski definition) is 4. The third kappa shape index (κ3) is 3.83. The number of hydrogen-bond donors (Lipinski definition) is 1. The molecule has 0 radical (unpaired) electrons. The Morgan fingerprint density at radius 3 is 2.87 bits per heavy atom. The van der Waals surface area contributed by atoms with Crippen LogP contribution in [0.1, 0.15) is 20.3 Å². The lowest BCUT2D eigenvalue weighted by Gasteiger charge is -2.18. The van der Waals surface area contributed by atoms with Gasteiger partial charge in [0.25, 0.3) is 0 Å². The summed E-state index contributed by atoms with van der Waals surface area (Å²) in [5.41, 5.74) is 5.55. The maximum Gasteiger partial charge on any atom is 0.0812 e. The number of nitrogens with two attached hydrogens (primary N) is 1. The van der Waals surface area contributed by atoms with E-state index in [4.69, 9.17) is 15.2 Å². The highest BCUT2D eigenvalue weighted by Crippen LogP contribution is 2.19. The molecule has 0 aliphatic carbocycles. The highest BCUT2D eigenvalue weighted by Gasteiger charge is 2.30. The third-order valence-electron chi connectivity index (χ3n) is 2.66. The van der Waals surface area contributed by atoms with Crippen LogP contribution in [0.4, 0.5) is 0 Å². The fraction of sp³-hybridized carbons (Fsp3) is 1.00. The van der Waals surface area contributed by atoms with Gasteiger partial charge in [0.1, 0.15) is 0 Å². The largest absolute Gasteiger partial charge is 0.377 e. The van der Waals surface area contributed by atoms with Gasteiger partial charge in [0.05, 0.1) is 23.2 Å². The standard InChI is InChI=1S/C10H21NO3S/c1-3-13-9(6-11)7-15(12)10-4-5-14-8(10)2/h8-10H,3-7,11H2,1-2H3. The van der Waals surface area contributed by atoms with Crippen molar-refractivity contribution in [3.05, 3.63) is 0 Å². The molecule has 0 saturated carbocycles. The van der Waals surface area contributed by atoms with Crippen LogP contribution in [0.3, 0.4) is 0 Å². The smallest absolute Gasteiger partial charge is 0.0812 e. The molecule has 4 nitrogen and oxygen atoms in total. The quantitative estimate of drug-likeness (QED) is 0.718. The van der Waals surface area contributed by atoms with E-state index in [0.717, 1.165) is 13.0 Å². The van der Waals surface area contributed by atoms with Crippen molar-refractivity contribution in [1.29, 1.82) is 0 Å². The van der Waals surface area contributed by atoms with Crippen molar-refractivity contribution in [2.45, 2.75) is 37.7 Å². The Morgan fingerprint density at radius 1 is 1.67 bits per heavy atom. The summed E-state index contributed by atoms with van der Waals surface area (Å²) in [6.45, 7) is 5.68. The minimum atomic E-state index is -0.887. The molecule has 15 heavy (non-hydrogen) atoms. The van der Waals surface area contributed by atoms with Gasteiger partial charge in [-0.1, -0.05) is 0 Å². The molecule has 4 unspecified atom stereocenters. The van der Waals surface area contributed by atoms with Gasteiger partial charge in [-0.3, -0.25) is 4.21 Å². The summed E-state index contributed by atoms with van der Waals surface area (Å²) in [5.74, 6) is 0.530. The van der Waals surface area contributed by atoms with Crippen molar-refractivity contribution in [2.75, 3.05) is 25.5 Å². The Balaban J connectivity index is 2.39. The molecule has 1 heterocycles. The minimum absolute atomic E-state index is 0.0800. The Labute approximate surface area is 94.0 Å². The second-order valence-electron chi connectivity index (χ2n) is 3.76. The molecule has 90 valence electrons. The first kappa shape index (κ1) is 13.1. The SMILES string of the molecule is CCOC(CN)CS(=O)C1CCOC1C. The highest BCUT2D eigenvalue weighted by molar-refractivity contribution is 7.85. The van der Waals surface area contributed by atoms with E-state index < -0.39 is 10.8 Å². The van der Waals surface area contributed by atoms with Gasteiger partial charge in [-0.25, -0.2) is 0 Å². The van der Waals surface area contributed by atoms with Crippen molar-refractivity contribution >= 4 is 10.8 Å². The summed E-state index contributed by atoms with van der Waals surface area (Å²) in [4.78, 5) is 0. The van der Waals surface area contributed by atoms with Crippen molar-refractivity contribution in [3.63, 3.8) is 0 Å². The lowest BCUT2D eigenvalue weighted by atomic mass is 10.3. The average molecular weight is 235 g/mol. The number of ether oxygens (including phenoxy) is 2. The molecular weight excluding hydrogens is 214 g/mol. The summed E-state index contributed by atoms with van der Waals surface area (Å²) in [5, 5.41) is 0.152. The Hall–Kier alpha value is 0.0300. The Bertz CT molecular complexity index is 213. The summed E-state index contributed by atoms with van der Waals surface area (Å²) in [6.07, 6.45) is 0.909. The molecule has 0 bridgehead atoms. The van der Waals surface area contributed by atoms with E-state index >= 15 is 0 Å². The van der Waals surface area contributed by atoms with Crippen molar-refractivity contribution in [2.24, 2.45) is 5.73 Å². The molecule has 1 saturated heterocycles. The van der Waals surface area contributed by atoms with Crippen LogP contribution in [-0.2, 0) is 20.3 Å². The molecule has 5 heteroatoms. The van der Waals surface area contributed by atoms with E-state index in [1.165, 1.54) is 0 Å². The van der Waals surface area contributed by atoms with Crippen molar-refractivity contribution < 1.29 is 13.7 Å². The van der Waals surface area contributed by atoms with Gasteiger partial charge in [-0.15, -0.1) is 0 Å². The van der Waals surface area contributed by atoms with Crippen LogP contribution in [0, 0.1) is 0 Å². The highest BCUT2D eigenvalue weighted by atomic mass is 32.2. The fourth-order valence-electron chi connectivity index (χ4n) is 1.78. The van der Waals surface area contributed by atoms with Crippen molar-refractivity contribution in [3.8, 4) is 0 Å². The van der Waals surface area contributed by atoms with Crippen LogP contribution in [0.15, 0.2) is 0 Å².